The molecule has 3 aromatic rings. The fraction of sp³-hybridized carbons (Fsp3) is 0.212. The maximum absolute atomic E-state index is 12.7. The number of hydrogen-bond donors (Lipinski definition) is 2. The standard InChI is InChI=1S/C33H30ClNO3/c1-20(10-12-21(2)33(37)38)11-17-27-29-18-28(30(34)19-31(29)35-32(27)36)24-15-13-23(14-16-24)26-9-4-3-8-25(26)22-6-5-7-22/h3-4,8-10,12-19,22H,5-7,11H2,1-2H3,(H,35,36)(H,37,38)/b20-10+,21-12+,27-17-. The zero-order chi connectivity index (χ0) is 26.8. The molecule has 1 saturated carbocycles. The molecule has 38 heavy (non-hydrogen) atoms. The average molecular weight is 524 g/mol. The number of hydrogen-bond acceptors (Lipinski definition) is 2. The van der Waals surface area contributed by atoms with Crippen LogP contribution in [0.25, 0.3) is 27.8 Å². The van der Waals surface area contributed by atoms with Crippen LogP contribution in [0.4, 0.5) is 5.69 Å². The van der Waals surface area contributed by atoms with Gasteiger partial charge in [-0.1, -0.05) is 90.4 Å². The zero-order valence-corrected chi connectivity index (χ0v) is 22.3. The molecule has 0 saturated heterocycles. The first-order valence-electron chi connectivity index (χ1n) is 12.9. The third kappa shape index (κ3) is 5.23. The summed E-state index contributed by atoms with van der Waals surface area (Å²) in [7, 11) is 0. The van der Waals surface area contributed by atoms with E-state index in [2.05, 4.69) is 53.8 Å². The maximum Gasteiger partial charge on any atom is 0.331 e. The lowest BCUT2D eigenvalue weighted by molar-refractivity contribution is -0.132. The number of carbonyl (C=O) groups is 2. The van der Waals surface area contributed by atoms with Gasteiger partial charge in [-0.15, -0.1) is 0 Å². The molecule has 5 rings (SSSR count). The van der Waals surface area contributed by atoms with Crippen molar-refractivity contribution >= 4 is 34.7 Å². The molecule has 0 spiro atoms. The lowest BCUT2D eigenvalue weighted by Gasteiger charge is -2.28. The van der Waals surface area contributed by atoms with Crippen molar-refractivity contribution < 1.29 is 14.7 Å². The van der Waals surface area contributed by atoms with Gasteiger partial charge < -0.3 is 10.4 Å². The summed E-state index contributed by atoms with van der Waals surface area (Å²) in [6.07, 6.45) is 9.58. The molecule has 0 atom stereocenters. The Kier molecular flexibility index (Phi) is 7.35. The first-order valence-corrected chi connectivity index (χ1v) is 13.3. The first-order chi connectivity index (χ1) is 18.3. The minimum absolute atomic E-state index is 0.166. The summed E-state index contributed by atoms with van der Waals surface area (Å²) in [6, 6.07) is 21.0. The van der Waals surface area contributed by atoms with Crippen molar-refractivity contribution in [2.45, 2.75) is 45.4 Å². The van der Waals surface area contributed by atoms with Crippen LogP contribution >= 0.6 is 11.6 Å². The summed E-state index contributed by atoms with van der Waals surface area (Å²) < 4.78 is 0. The van der Waals surface area contributed by atoms with Gasteiger partial charge in [0, 0.05) is 22.3 Å². The van der Waals surface area contributed by atoms with Crippen LogP contribution in [0.15, 0.2) is 90.0 Å². The summed E-state index contributed by atoms with van der Waals surface area (Å²) in [5.41, 5.74) is 9.11. The number of rotatable bonds is 7. The summed E-state index contributed by atoms with van der Waals surface area (Å²) in [5, 5.41) is 12.5. The molecular weight excluding hydrogens is 494 g/mol. The molecule has 1 aliphatic heterocycles. The lowest BCUT2D eigenvalue weighted by atomic mass is 9.77. The highest BCUT2D eigenvalue weighted by Gasteiger charge is 2.26. The Labute approximate surface area is 228 Å². The van der Waals surface area contributed by atoms with Crippen molar-refractivity contribution in [3.63, 3.8) is 0 Å². The minimum atomic E-state index is -0.948. The van der Waals surface area contributed by atoms with Gasteiger partial charge in [0.25, 0.3) is 5.91 Å². The topological polar surface area (TPSA) is 66.4 Å². The molecule has 0 radical (unpaired) electrons. The third-order valence-corrected chi connectivity index (χ3v) is 7.80. The number of fused-ring (bicyclic) bond motifs is 1. The van der Waals surface area contributed by atoms with Gasteiger partial charge in [0.15, 0.2) is 0 Å². The van der Waals surface area contributed by atoms with Crippen LogP contribution in [-0.4, -0.2) is 17.0 Å². The summed E-state index contributed by atoms with van der Waals surface area (Å²) in [4.78, 5) is 23.8. The predicted octanol–water partition coefficient (Wildman–Crippen LogP) is 8.64. The van der Waals surface area contributed by atoms with Crippen LogP contribution in [-0.2, 0) is 9.59 Å². The second-order valence-corrected chi connectivity index (χ2v) is 10.5. The fourth-order valence-electron chi connectivity index (χ4n) is 4.97. The van der Waals surface area contributed by atoms with Gasteiger partial charge in [0.05, 0.1) is 10.7 Å². The molecule has 1 amide bonds. The molecule has 1 heterocycles. The van der Waals surface area contributed by atoms with E-state index in [0.29, 0.717) is 28.6 Å². The van der Waals surface area contributed by atoms with Gasteiger partial charge >= 0.3 is 5.97 Å². The summed E-state index contributed by atoms with van der Waals surface area (Å²) in [5.74, 6) is -0.458. The van der Waals surface area contributed by atoms with E-state index in [1.165, 1.54) is 36.0 Å². The van der Waals surface area contributed by atoms with E-state index < -0.39 is 5.97 Å². The van der Waals surface area contributed by atoms with Gasteiger partial charge in [-0.2, -0.15) is 0 Å². The van der Waals surface area contributed by atoms with E-state index in [1.807, 2.05) is 25.1 Å². The van der Waals surface area contributed by atoms with Gasteiger partial charge in [0.2, 0.25) is 0 Å². The Morgan fingerprint density at radius 1 is 0.974 bits per heavy atom. The molecule has 3 aromatic carbocycles. The number of carbonyl (C=O) groups excluding carboxylic acids is 1. The number of carboxylic acid groups (broad SMARTS) is 1. The third-order valence-electron chi connectivity index (χ3n) is 7.49. The first kappa shape index (κ1) is 25.7. The number of halogens is 1. The van der Waals surface area contributed by atoms with E-state index in [1.54, 1.807) is 19.1 Å². The van der Waals surface area contributed by atoms with Gasteiger partial charge in [-0.3, -0.25) is 4.79 Å². The summed E-state index contributed by atoms with van der Waals surface area (Å²) >= 11 is 6.68. The van der Waals surface area contributed by atoms with Crippen molar-refractivity contribution in [1.29, 1.82) is 0 Å². The predicted molar refractivity (Wildman–Crippen MR) is 155 cm³/mol. The number of carboxylic acids is 1. The number of anilines is 1. The highest BCUT2D eigenvalue weighted by Crippen LogP contribution is 2.43. The molecule has 1 fully saturated rings. The van der Waals surface area contributed by atoms with E-state index >= 15 is 0 Å². The second-order valence-electron chi connectivity index (χ2n) is 10.1. The van der Waals surface area contributed by atoms with Crippen molar-refractivity contribution in [1.82, 2.24) is 0 Å². The normalized spacial score (nSPS) is 16.8. The number of aliphatic carboxylic acids is 1. The average Bonchev–Trinajstić information content (AvgIpc) is 3.18. The molecule has 5 heteroatoms. The van der Waals surface area contributed by atoms with Gasteiger partial charge in [0.1, 0.15) is 0 Å². The summed E-state index contributed by atoms with van der Waals surface area (Å²) in [6.45, 7) is 3.46. The Balaban J connectivity index is 1.43. The second kappa shape index (κ2) is 10.8. The van der Waals surface area contributed by atoms with E-state index in [4.69, 9.17) is 16.7 Å². The van der Waals surface area contributed by atoms with Gasteiger partial charge in [-0.05, 0) is 73.4 Å². The molecule has 0 aromatic heterocycles. The van der Waals surface area contributed by atoms with Crippen LogP contribution < -0.4 is 5.32 Å². The van der Waals surface area contributed by atoms with E-state index in [0.717, 1.165) is 22.3 Å². The highest BCUT2D eigenvalue weighted by molar-refractivity contribution is 6.36. The smallest absolute Gasteiger partial charge is 0.331 e. The largest absolute Gasteiger partial charge is 0.478 e. The Bertz CT molecular complexity index is 1510. The Morgan fingerprint density at radius 2 is 1.66 bits per heavy atom. The maximum atomic E-state index is 12.7. The molecule has 192 valence electrons. The van der Waals surface area contributed by atoms with Crippen molar-refractivity contribution in [3.8, 4) is 22.3 Å². The molecule has 1 aliphatic carbocycles. The molecule has 0 bridgehead atoms. The van der Waals surface area contributed by atoms with Crippen molar-refractivity contribution in [3.05, 3.63) is 106 Å². The van der Waals surface area contributed by atoms with E-state index in [9.17, 15) is 9.59 Å². The molecule has 0 unspecified atom stereocenters. The van der Waals surface area contributed by atoms with Crippen molar-refractivity contribution in [2.75, 3.05) is 5.32 Å². The van der Waals surface area contributed by atoms with Crippen LogP contribution in [0.1, 0.15) is 56.6 Å². The molecular formula is C33H30ClNO3. The molecule has 2 N–H and O–H groups in total. The Hall–Kier alpha value is -3.89. The van der Waals surface area contributed by atoms with Crippen LogP contribution in [0.5, 0.6) is 0 Å². The minimum Gasteiger partial charge on any atom is -0.478 e. The van der Waals surface area contributed by atoms with Gasteiger partial charge in [-0.25, -0.2) is 4.79 Å². The lowest BCUT2D eigenvalue weighted by Crippen LogP contribution is -2.09. The number of amides is 1. The van der Waals surface area contributed by atoms with Crippen LogP contribution in [0.2, 0.25) is 5.02 Å². The Morgan fingerprint density at radius 3 is 2.32 bits per heavy atom. The highest BCUT2D eigenvalue weighted by atomic mass is 35.5. The quantitative estimate of drug-likeness (QED) is 0.240. The number of nitrogens with one attached hydrogen (secondary N) is 1. The van der Waals surface area contributed by atoms with Crippen LogP contribution in [0, 0.1) is 0 Å². The molecule has 4 nitrogen and oxygen atoms in total. The number of allylic oxidation sites excluding steroid dienone is 4. The molecule has 2 aliphatic rings. The fourth-order valence-corrected chi connectivity index (χ4v) is 5.24. The zero-order valence-electron chi connectivity index (χ0n) is 21.6. The van der Waals surface area contributed by atoms with E-state index in [-0.39, 0.29) is 11.5 Å². The monoisotopic (exact) mass is 523 g/mol. The van der Waals surface area contributed by atoms with Crippen molar-refractivity contribution in [2.24, 2.45) is 0 Å². The number of benzene rings is 3. The SMILES string of the molecule is C/C(=C\C=C(/C)C(=O)O)C/C=C1\C(=O)Nc2cc(Cl)c(-c3ccc(-c4ccccc4C4CCC4)cc3)cc21. The van der Waals surface area contributed by atoms with Crippen LogP contribution in [0.3, 0.4) is 0 Å².